The van der Waals surface area contributed by atoms with Crippen LogP contribution in [0.4, 0.5) is 5.69 Å². The Morgan fingerprint density at radius 2 is 1.35 bits per heavy atom. The molecule has 0 N–H and O–H groups in total. The van der Waals surface area contributed by atoms with Crippen LogP contribution in [0, 0.1) is 11.8 Å². The predicted octanol–water partition coefficient (Wildman–Crippen LogP) is 3.39. The van der Waals surface area contributed by atoms with E-state index < -0.39 is 46.9 Å². The average molecular weight is 453 g/mol. The number of nitrogens with zero attached hydrogens (tertiary/aromatic N) is 1. The van der Waals surface area contributed by atoms with Crippen LogP contribution in [-0.4, -0.2) is 36.1 Å². The summed E-state index contributed by atoms with van der Waals surface area (Å²) in [5.41, 5.74) is -0.786. The monoisotopic (exact) mass is 453 g/mol. The van der Waals surface area contributed by atoms with Gasteiger partial charge < -0.3 is 9.47 Å². The first kappa shape index (κ1) is 20.5. The van der Waals surface area contributed by atoms with E-state index in [9.17, 15) is 19.2 Å². The lowest BCUT2D eigenvalue weighted by Crippen LogP contribution is -2.51. The van der Waals surface area contributed by atoms with Crippen molar-refractivity contribution in [2.24, 2.45) is 11.8 Å². The number of imide groups is 1. The Morgan fingerprint density at radius 3 is 2.00 bits per heavy atom. The van der Waals surface area contributed by atoms with Crippen molar-refractivity contribution in [3.8, 4) is 5.75 Å². The van der Waals surface area contributed by atoms with Crippen LogP contribution in [0.2, 0.25) is 0 Å². The topological polar surface area (TPSA) is 90.0 Å². The molecule has 3 atom stereocenters. The fourth-order valence-electron chi connectivity index (χ4n) is 5.51. The number of ketones is 2. The maximum atomic E-state index is 13.9. The maximum absolute atomic E-state index is 13.9. The molecule has 3 aromatic carbocycles. The molecule has 0 bridgehead atoms. The molecule has 1 spiro atoms. The number of ether oxygens (including phenoxy) is 2. The summed E-state index contributed by atoms with van der Waals surface area (Å²) in [7, 11) is 1.45. The smallest absolute Gasteiger partial charge is 0.241 e. The van der Waals surface area contributed by atoms with Gasteiger partial charge in [-0.25, -0.2) is 4.90 Å². The Morgan fingerprint density at radius 1 is 0.765 bits per heavy atom. The molecule has 168 valence electrons. The molecule has 0 unspecified atom stereocenters. The van der Waals surface area contributed by atoms with Crippen molar-refractivity contribution in [2.45, 2.75) is 11.7 Å². The van der Waals surface area contributed by atoms with Gasteiger partial charge in [-0.2, -0.15) is 0 Å². The van der Waals surface area contributed by atoms with Crippen LogP contribution in [0.3, 0.4) is 0 Å². The minimum absolute atomic E-state index is 0.205. The quantitative estimate of drug-likeness (QED) is 0.446. The highest BCUT2D eigenvalue weighted by molar-refractivity contribution is 6.37. The molecule has 7 heteroatoms. The second-order valence-corrected chi connectivity index (χ2v) is 8.58. The van der Waals surface area contributed by atoms with Crippen LogP contribution in [0.5, 0.6) is 5.75 Å². The van der Waals surface area contributed by atoms with E-state index >= 15 is 0 Å². The molecule has 0 saturated carbocycles. The van der Waals surface area contributed by atoms with Gasteiger partial charge in [-0.15, -0.1) is 0 Å². The summed E-state index contributed by atoms with van der Waals surface area (Å²) in [5, 5.41) is 0. The van der Waals surface area contributed by atoms with Gasteiger partial charge in [-0.1, -0.05) is 66.7 Å². The van der Waals surface area contributed by atoms with Crippen LogP contribution in [0.15, 0.2) is 78.9 Å². The van der Waals surface area contributed by atoms with Crippen LogP contribution < -0.4 is 9.64 Å². The number of carbonyl (C=O) groups excluding carboxylic acids is 4. The van der Waals surface area contributed by atoms with Crippen LogP contribution in [-0.2, 0) is 14.3 Å². The van der Waals surface area contributed by atoms with Gasteiger partial charge in [0.2, 0.25) is 29.0 Å². The fraction of sp³-hybridized carbons (Fsp3) is 0.185. The van der Waals surface area contributed by atoms with Gasteiger partial charge in [0, 0.05) is 11.1 Å². The summed E-state index contributed by atoms with van der Waals surface area (Å²) in [4.78, 5) is 56.2. The number of hydrogen-bond acceptors (Lipinski definition) is 6. The lowest BCUT2D eigenvalue weighted by atomic mass is 9.77. The van der Waals surface area contributed by atoms with Crippen molar-refractivity contribution in [3.63, 3.8) is 0 Å². The number of anilines is 1. The van der Waals surface area contributed by atoms with E-state index in [0.29, 0.717) is 11.3 Å². The molecular weight excluding hydrogens is 434 g/mol. The summed E-state index contributed by atoms with van der Waals surface area (Å²) in [6, 6.07) is 22.0. The molecule has 0 aromatic heterocycles. The molecule has 3 aliphatic rings. The summed E-state index contributed by atoms with van der Waals surface area (Å²) in [6.45, 7) is 0. The van der Waals surface area contributed by atoms with E-state index in [2.05, 4.69) is 0 Å². The molecule has 6 rings (SSSR count). The second-order valence-electron chi connectivity index (χ2n) is 8.58. The van der Waals surface area contributed by atoms with Gasteiger partial charge in [-0.3, -0.25) is 19.2 Å². The molecule has 2 saturated heterocycles. The van der Waals surface area contributed by atoms with E-state index in [1.54, 1.807) is 72.8 Å². The first-order valence-corrected chi connectivity index (χ1v) is 10.9. The Balaban J connectivity index is 1.56. The number of fused-ring (bicyclic) bond motifs is 3. The Bertz CT molecular complexity index is 1350. The van der Waals surface area contributed by atoms with Gasteiger partial charge in [0.05, 0.1) is 30.7 Å². The number of methoxy groups -OCH3 is 1. The van der Waals surface area contributed by atoms with Crippen molar-refractivity contribution in [2.75, 3.05) is 12.0 Å². The minimum atomic E-state index is -2.08. The largest absolute Gasteiger partial charge is 0.495 e. The number of hydrogen-bond donors (Lipinski definition) is 0. The molecule has 2 fully saturated rings. The van der Waals surface area contributed by atoms with E-state index in [-0.39, 0.29) is 16.8 Å². The van der Waals surface area contributed by atoms with Crippen LogP contribution >= 0.6 is 0 Å². The highest BCUT2D eigenvalue weighted by Gasteiger charge is 2.74. The Hall–Kier alpha value is -4.10. The fourth-order valence-corrected chi connectivity index (χ4v) is 5.51. The van der Waals surface area contributed by atoms with Crippen molar-refractivity contribution in [3.05, 3.63) is 95.6 Å². The van der Waals surface area contributed by atoms with E-state index in [4.69, 9.17) is 9.47 Å². The summed E-state index contributed by atoms with van der Waals surface area (Å²) in [6.07, 6.45) is -0.940. The number of carbonyl (C=O) groups is 4. The number of benzene rings is 3. The molecule has 2 aliphatic heterocycles. The van der Waals surface area contributed by atoms with E-state index in [1.807, 2.05) is 6.07 Å². The SMILES string of the molecule is COc1ccccc1N1C(=O)[C@H]2[C@@H](c3ccccc3)OC3(C(=O)c4ccccc4C3=O)[C@H]2C1=O. The standard InChI is InChI=1S/C27H19NO6/c1-33-19-14-8-7-13-18(19)28-25(31)20-21(26(28)32)27(34-22(20)15-9-3-2-4-10-15)23(29)16-11-5-6-12-17(16)24(27)30/h2-14,20-22H,1H3/t20-,21-,22-/m1/s1. The van der Waals surface area contributed by atoms with Gasteiger partial charge in [0.25, 0.3) is 0 Å². The Labute approximate surface area is 194 Å². The number of rotatable bonds is 3. The highest BCUT2D eigenvalue weighted by Crippen LogP contribution is 2.58. The molecule has 0 radical (unpaired) electrons. The summed E-state index contributed by atoms with van der Waals surface area (Å²) < 4.78 is 11.6. The van der Waals surface area contributed by atoms with Crippen LogP contribution in [0.25, 0.3) is 0 Å². The highest BCUT2D eigenvalue weighted by atomic mass is 16.5. The molecule has 2 heterocycles. The predicted molar refractivity (Wildman–Crippen MR) is 121 cm³/mol. The first-order chi connectivity index (χ1) is 16.5. The Kier molecular flexibility index (Phi) is 4.34. The molecular formula is C27H19NO6. The summed E-state index contributed by atoms with van der Waals surface area (Å²) >= 11 is 0. The number of amides is 2. The third-order valence-corrected chi connectivity index (χ3v) is 6.97. The zero-order chi connectivity index (χ0) is 23.6. The number of para-hydroxylation sites is 2. The van der Waals surface area contributed by atoms with Crippen molar-refractivity contribution in [1.29, 1.82) is 0 Å². The molecule has 3 aromatic rings. The third-order valence-electron chi connectivity index (χ3n) is 6.97. The maximum Gasteiger partial charge on any atom is 0.241 e. The molecule has 2 amide bonds. The molecule has 1 aliphatic carbocycles. The normalized spacial score (nSPS) is 24.6. The molecule has 7 nitrogen and oxygen atoms in total. The van der Waals surface area contributed by atoms with Gasteiger partial charge in [0.15, 0.2) is 0 Å². The zero-order valence-corrected chi connectivity index (χ0v) is 18.1. The second kappa shape index (κ2) is 7.20. The summed E-state index contributed by atoms with van der Waals surface area (Å²) in [5.74, 6) is -4.32. The minimum Gasteiger partial charge on any atom is -0.495 e. The van der Waals surface area contributed by atoms with E-state index in [0.717, 1.165) is 4.90 Å². The van der Waals surface area contributed by atoms with Crippen molar-refractivity contribution in [1.82, 2.24) is 0 Å². The lowest BCUT2D eigenvalue weighted by Gasteiger charge is -2.27. The van der Waals surface area contributed by atoms with Gasteiger partial charge >= 0.3 is 0 Å². The zero-order valence-electron chi connectivity index (χ0n) is 18.1. The lowest BCUT2D eigenvalue weighted by molar-refractivity contribution is -0.127. The number of Topliss-reactive ketones (excluding diaryl/α,β-unsaturated/α-hetero) is 2. The van der Waals surface area contributed by atoms with Crippen LogP contribution in [0.1, 0.15) is 32.4 Å². The first-order valence-electron chi connectivity index (χ1n) is 10.9. The van der Waals surface area contributed by atoms with Gasteiger partial charge in [-0.05, 0) is 17.7 Å². The average Bonchev–Trinajstić information content (AvgIpc) is 3.44. The third kappa shape index (κ3) is 2.44. The van der Waals surface area contributed by atoms with Crippen molar-refractivity contribution >= 4 is 29.1 Å². The van der Waals surface area contributed by atoms with Crippen molar-refractivity contribution < 1.29 is 28.7 Å². The van der Waals surface area contributed by atoms with Gasteiger partial charge in [0.1, 0.15) is 5.75 Å². The molecule has 34 heavy (non-hydrogen) atoms. The van der Waals surface area contributed by atoms with E-state index in [1.165, 1.54) is 7.11 Å².